The van der Waals surface area contributed by atoms with Gasteiger partial charge in [0.1, 0.15) is 5.75 Å². The van der Waals surface area contributed by atoms with Crippen LogP contribution in [0.1, 0.15) is 51.2 Å². The fourth-order valence-corrected chi connectivity index (χ4v) is 4.03. The van der Waals surface area contributed by atoms with Crippen LogP contribution in [0.15, 0.2) is 66.7 Å². The topological polar surface area (TPSA) is 131 Å². The highest BCUT2D eigenvalue weighted by atomic mass is 16.3. The number of rotatable bonds is 12. The Hall–Kier alpha value is -3.72. The lowest BCUT2D eigenvalue weighted by molar-refractivity contribution is -0.120. The third kappa shape index (κ3) is 8.42. The average molecular weight is 506 g/mol. The van der Waals surface area contributed by atoms with Crippen molar-refractivity contribution in [3.05, 3.63) is 100 Å². The van der Waals surface area contributed by atoms with E-state index < -0.39 is 6.10 Å². The molecule has 3 rings (SSSR count). The van der Waals surface area contributed by atoms with Crippen LogP contribution in [-0.2, 0) is 30.8 Å². The van der Waals surface area contributed by atoms with Crippen LogP contribution in [0.4, 0.5) is 0 Å². The molecule has 0 saturated carbocycles. The Labute approximate surface area is 217 Å². The second kappa shape index (κ2) is 13.5. The molecule has 0 radical (unpaired) electrons. The fraction of sp³-hybridized carbons (Fsp3) is 0.310. The van der Waals surface area contributed by atoms with Crippen LogP contribution in [-0.4, -0.2) is 46.8 Å². The molecule has 0 heterocycles. The zero-order valence-electron chi connectivity index (χ0n) is 21.2. The van der Waals surface area contributed by atoms with E-state index in [1.807, 2.05) is 43.3 Å². The van der Waals surface area contributed by atoms with Gasteiger partial charge in [0.2, 0.25) is 5.91 Å². The summed E-state index contributed by atoms with van der Waals surface area (Å²) in [6.07, 6.45) is 0.208. The molecule has 0 aliphatic heterocycles. The fourth-order valence-electron chi connectivity index (χ4n) is 4.03. The van der Waals surface area contributed by atoms with Gasteiger partial charge in [-0.2, -0.15) is 0 Å². The number of aliphatic hydroxyl groups excluding tert-OH is 2. The first-order chi connectivity index (χ1) is 17.8. The van der Waals surface area contributed by atoms with Crippen molar-refractivity contribution >= 4 is 11.8 Å². The van der Waals surface area contributed by atoms with E-state index in [0.29, 0.717) is 29.8 Å². The lowest BCUT2D eigenvalue weighted by Gasteiger charge is -2.18. The highest BCUT2D eigenvalue weighted by Crippen LogP contribution is 2.22. The minimum absolute atomic E-state index is 0.00451. The summed E-state index contributed by atoms with van der Waals surface area (Å²) in [6, 6.07) is 19.8. The first-order valence-electron chi connectivity index (χ1n) is 12.3. The first-order valence-corrected chi connectivity index (χ1v) is 12.3. The van der Waals surface area contributed by atoms with E-state index in [2.05, 4.69) is 16.0 Å². The minimum atomic E-state index is -0.775. The standard InChI is InChI=1S/C29H35N3O5/c1-19(31-17-27(35)24-10-11-26(34)25(15-24)18-33)12-21-4-3-5-22(13-21)14-28(36)32-16-20-6-8-23(9-7-20)29(37)30-2/h3-11,13,15,19,27,31,33-35H,12,14,16-18H2,1-2H3,(H,30,37)(H,32,36)/t19-,27+/m1/s1. The number of hydrogen-bond donors (Lipinski definition) is 6. The largest absolute Gasteiger partial charge is 0.508 e. The van der Waals surface area contributed by atoms with E-state index in [4.69, 9.17) is 0 Å². The lowest BCUT2D eigenvalue weighted by Crippen LogP contribution is -2.32. The molecule has 2 atom stereocenters. The summed E-state index contributed by atoms with van der Waals surface area (Å²) in [7, 11) is 1.58. The van der Waals surface area contributed by atoms with E-state index in [1.54, 1.807) is 31.3 Å². The number of hydrogen-bond acceptors (Lipinski definition) is 6. The molecule has 0 bridgehead atoms. The van der Waals surface area contributed by atoms with Crippen molar-refractivity contribution in [3.8, 4) is 5.75 Å². The number of amides is 2. The molecule has 0 unspecified atom stereocenters. The Balaban J connectivity index is 1.46. The van der Waals surface area contributed by atoms with Crippen LogP contribution in [0.25, 0.3) is 0 Å². The predicted molar refractivity (Wildman–Crippen MR) is 142 cm³/mol. The van der Waals surface area contributed by atoms with Crippen LogP contribution >= 0.6 is 0 Å². The van der Waals surface area contributed by atoms with Crippen LogP contribution < -0.4 is 16.0 Å². The Morgan fingerprint density at radius 1 is 0.946 bits per heavy atom. The molecule has 196 valence electrons. The maximum Gasteiger partial charge on any atom is 0.251 e. The average Bonchev–Trinajstić information content (AvgIpc) is 2.91. The van der Waals surface area contributed by atoms with Gasteiger partial charge in [0.15, 0.2) is 0 Å². The van der Waals surface area contributed by atoms with Crippen molar-refractivity contribution in [2.75, 3.05) is 13.6 Å². The monoisotopic (exact) mass is 505 g/mol. The first kappa shape index (κ1) is 27.9. The van der Waals surface area contributed by atoms with Crippen molar-refractivity contribution in [2.45, 2.75) is 45.1 Å². The van der Waals surface area contributed by atoms with E-state index in [-0.39, 0.29) is 36.6 Å². The third-order valence-corrected chi connectivity index (χ3v) is 6.15. The molecule has 2 amide bonds. The second-order valence-electron chi connectivity index (χ2n) is 9.12. The summed E-state index contributed by atoms with van der Waals surface area (Å²) in [5.74, 6) is -0.229. The van der Waals surface area contributed by atoms with Gasteiger partial charge in [-0.1, -0.05) is 42.5 Å². The lowest BCUT2D eigenvalue weighted by atomic mass is 10.0. The molecule has 3 aromatic carbocycles. The van der Waals surface area contributed by atoms with Crippen molar-refractivity contribution in [1.82, 2.24) is 16.0 Å². The molecule has 0 aliphatic carbocycles. The summed E-state index contributed by atoms with van der Waals surface area (Å²) in [6.45, 7) is 2.44. The van der Waals surface area contributed by atoms with E-state index in [9.17, 15) is 24.9 Å². The number of benzene rings is 3. The van der Waals surface area contributed by atoms with Crippen LogP contribution in [0.3, 0.4) is 0 Å². The highest BCUT2D eigenvalue weighted by molar-refractivity contribution is 5.93. The highest BCUT2D eigenvalue weighted by Gasteiger charge is 2.13. The van der Waals surface area contributed by atoms with Gasteiger partial charge in [-0.05, 0) is 59.9 Å². The second-order valence-corrected chi connectivity index (χ2v) is 9.12. The molecule has 0 saturated heterocycles. The summed E-state index contributed by atoms with van der Waals surface area (Å²) in [5, 5.41) is 38.3. The molecule has 8 nitrogen and oxygen atoms in total. The van der Waals surface area contributed by atoms with E-state index in [0.717, 1.165) is 23.1 Å². The smallest absolute Gasteiger partial charge is 0.251 e. The molecule has 0 fully saturated rings. The number of nitrogens with one attached hydrogen (secondary N) is 3. The molecule has 6 N–H and O–H groups in total. The predicted octanol–water partition coefficient (Wildman–Crippen LogP) is 2.36. The van der Waals surface area contributed by atoms with Gasteiger partial charge >= 0.3 is 0 Å². The number of carbonyl (C=O) groups excluding carboxylic acids is 2. The quantitative estimate of drug-likeness (QED) is 0.224. The number of aliphatic hydroxyl groups is 2. The van der Waals surface area contributed by atoms with E-state index in [1.165, 1.54) is 6.07 Å². The van der Waals surface area contributed by atoms with Gasteiger partial charge < -0.3 is 31.3 Å². The van der Waals surface area contributed by atoms with Gasteiger partial charge in [-0.3, -0.25) is 9.59 Å². The molecule has 0 aromatic heterocycles. The maximum absolute atomic E-state index is 12.5. The van der Waals surface area contributed by atoms with Crippen LogP contribution in [0.5, 0.6) is 5.75 Å². The summed E-state index contributed by atoms with van der Waals surface area (Å²) < 4.78 is 0. The van der Waals surface area contributed by atoms with Crippen LogP contribution in [0, 0.1) is 0 Å². The van der Waals surface area contributed by atoms with Gasteiger partial charge in [-0.25, -0.2) is 0 Å². The molecule has 0 spiro atoms. The molecular weight excluding hydrogens is 470 g/mol. The van der Waals surface area contributed by atoms with Crippen molar-refractivity contribution < 1.29 is 24.9 Å². The molecule has 3 aromatic rings. The van der Waals surface area contributed by atoms with E-state index >= 15 is 0 Å². The Kier molecular flexibility index (Phi) is 10.2. The Morgan fingerprint density at radius 2 is 1.68 bits per heavy atom. The zero-order chi connectivity index (χ0) is 26.8. The van der Waals surface area contributed by atoms with Gasteiger partial charge in [0.05, 0.1) is 19.1 Å². The van der Waals surface area contributed by atoms with Gasteiger partial charge in [0, 0.05) is 37.3 Å². The minimum Gasteiger partial charge on any atom is -0.508 e. The number of phenols is 1. The molecule has 8 heteroatoms. The SMILES string of the molecule is CNC(=O)c1ccc(CNC(=O)Cc2cccc(C[C@@H](C)NC[C@H](O)c3ccc(O)c(CO)c3)c2)cc1. The summed E-state index contributed by atoms with van der Waals surface area (Å²) >= 11 is 0. The van der Waals surface area contributed by atoms with Gasteiger partial charge in [-0.15, -0.1) is 0 Å². The number of carbonyl (C=O) groups is 2. The zero-order valence-corrected chi connectivity index (χ0v) is 21.2. The van der Waals surface area contributed by atoms with Crippen molar-refractivity contribution in [2.24, 2.45) is 0 Å². The van der Waals surface area contributed by atoms with Crippen LogP contribution in [0.2, 0.25) is 0 Å². The molecule has 37 heavy (non-hydrogen) atoms. The Bertz CT molecular complexity index is 1200. The third-order valence-electron chi connectivity index (χ3n) is 6.15. The van der Waals surface area contributed by atoms with Crippen molar-refractivity contribution in [3.63, 3.8) is 0 Å². The summed E-state index contributed by atoms with van der Waals surface area (Å²) in [5.41, 5.74) is 4.48. The van der Waals surface area contributed by atoms with Crippen molar-refractivity contribution in [1.29, 1.82) is 0 Å². The number of aromatic hydroxyl groups is 1. The Morgan fingerprint density at radius 3 is 2.38 bits per heavy atom. The molecular formula is C29H35N3O5. The van der Waals surface area contributed by atoms with Gasteiger partial charge in [0.25, 0.3) is 5.91 Å². The summed E-state index contributed by atoms with van der Waals surface area (Å²) in [4.78, 5) is 24.1. The maximum atomic E-state index is 12.5. The normalized spacial score (nSPS) is 12.5. The molecule has 0 aliphatic rings.